The number of halogens is 2. The Bertz CT molecular complexity index is 1380. The molecule has 1 saturated heterocycles. The molecule has 1 aliphatic rings. The van der Waals surface area contributed by atoms with E-state index < -0.39 is 11.6 Å². The van der Waals surface area contributed by atoms with Crippen LogP contribution < -0.4 is 10.9 Å². The highest BCUT2D eigenvalue weighted by Crippen LogP contribution is 2.39. The first-order valence-electron chi connectivity index (χ1n) is 10.3. The molecule has 32 heavy (non-hydrogen) atoms. The molecule has 3 heterocycles. The van der Waals surface area contributed by atoms with E-state index in [1.165, 1.54) is 23.5 Å². The highest BCUT2D eigenvalue weighted by atomic mass is 32.1. The normalized spacial score (nSPS) is 13.6. The quantitative estimate of drug-likeness (QED) is 0.458. The number of thiophene rings is 1. The first kappa shape index (κ1) is 20.4. The SMILES string of the molecule is O=C(c1sc2c(ccc(=O)n2-c2ccccc2)c1Nc1ccc(F)cc1F)N1CCCC1. The second-order valence-corrected chi connectivity index (χ2v) is 8.62. The number of nitrogens with one attached hydrogen (secondary N) is 1. The van der Waals surface area contributed by atoms with E-state index in [0.29, 0.717) is 39.6 Å². The van der Waals surface area contributed by atoms with Crippen LogP contribution in [0.15, 0.2) is 65.5 Å². The fraction of sp³-hybridized carbons (Fsp3) is 0.167. The van der Waals surface area contributed by atoms with Gasteiger partial charge >= 0.3 is 0 Å². The molecule has 0 bridgehead atoms. The maximum absolute atomic E-state index is 14.4. The van der Waals surface area contributed by atoms with E-state index in [1.54, 1.807) is 15.5 Å². The number of fused-ring (bicyclic) bond motifs is 1. The average Bonchev–Trinajstić information content (AvgIpc) is 3.44. The third-order valence-electron chi connectivity index (χ3n) is 5.53. The van der Waals surface area contributed by atoms with E-state index in [4.69, 9.17) is 0 Å². The summed E-state index contributed by atoms with van der Waals surface area (Å²) in [6, 6.07) is 15.5. The summed E-state index contributed by atoms with van der Waals surface area (Å²) in [4.78, 5) is 28.9. The monoisotopic (exact) mass is 451 g/mol. The van der Waals surface area contributed by atoms with Crippen molar-refractivity contribution in [3.63, 3.8) is 0 Å². The first-order chi connectivity index (χ1) is 15.5. The van der Waals surface area contributed by atoms with Crippen molar-refractivity contribution in [3.8, 4) is 5.69 Å². The van der Waals surface area contributed by atoms with Crippen LogP contribution in [-0.4, -0.2) is 28.5 Å². The van der Waals surface area contributed by atoms with Gasteiger partial charge in [-0.05, 0) is 43.2 Å². The van der Waals surface area contributed by atoms with Crippen molar-refractivity contribution in [3.05, 3.63) is 87.5 Å². The number of likely N-dealkylation sites (tertiary alicyclic amines) is 1. The molecule has 0 saturated carbocycles. The summed E-state index contributed by atoms with van der Waals surface area (Å²) in [5.41, 5.74) is 0.907. The van der Waals surface area contributed by atoms with Crippen molar-refractivity contribution in [2.75, 3.05) is 18.4 Å². The van der Waals surface area contributed by atoms with Crippen molar-refractivity contribution >= 4 is 38.8 Å². The predicted molar refractivity (Wildman–Crippen MR) is 122 cm³/mol. The molecule has 8 heteroatoms. The van der Waals surface area contributed by atoms with Crippen molar-refractivity contribution in [1.29, 1.82) is 0 Å². The van der Waals surface area contributed by atoms with Crippen LogP contribution in [0, 0.1) is 11.6 Å². The number of aromatic nitrogens is 1. The zero-order valence-electron chi connectivity index (χ0n) is 17.0. The van der Waals surface area contributed by atoms with Gasteiger partial charge in [-0.1, -0.05) is 18.2 Å². The lowest BCUT2D eigenvalue weighted by Crippen LogP contribution is -2.27. The molecule has 1 N–H and O–H groups in total. The number of rotatable bonds is 4. The second kappa shape index (κ2) is 8.20. The summed E-state index contributed by atoms with van der Waals surface area (Å²) in [5, 5.41) is 3.61. The van der Waals surface area contributed by atoms with Crippen LogP contribution in [0.3, 0.4) is 0 Å². The van der Waals surface area contributed by atoms with Crippen LogP contribution >= 0.6 is 11.3 Å². The molecule has 5 rings (SSSR count). The summed E-state index contributed by atoms with van der Waals surface area (Å²) < 4.78 is 29.4. The van der Waals surface area contributed by atoms with Crippen LogP contribution in [0.1, 0.15) is 22.5 Å². The zero-order chi connectivity index (χ0) is 22.2. The van der Waals surface area contributed by atoms with Gasteiger partial charge in [0.05, 0.1) is 17.1 Å². The number of nitrogens with zero attached hydrogens (tertiary/aromatic N) is 2. The van der Waals surface area contributed by atoms with Crippen LogP contribution in [0.2, 0.25) is 0 Å². The van der Waals surface area contributed by atoms with Gasteiger partial charge in [0.25, 0.3) is 11.5 Å². The maximum Gasteiger partial charge on any atom is 0.266 e. The number of carbonyl (C=O) groups is 1. The minimum atomic E-state index is -0.764. The zero-order valence-corrected chi connectivity index (χ0v) is 17.8. The summed E-state index contributed by atoms with van der Waals surface area (Å²) in [5.74, 6) is -1.62. The lowest BCUT2D eigenvalue weighted by atomic mass is 10.2. The Morgan fingerprint density at radius 3 is 2.44 bits per heavy atom. The fourth-order valence-electron chi connectivity index (χ4n) is 3.97. The number of hydrogen-bond acceptors (Lipinski definition) is 4. The van der Waals surface area contributed by atoms with Crippen molar-refractivity contribution in [2.45, 2.75) is 12.8 Å². The van der Waals surface area contributed by atoms with Crippen LogP contribution in [0.4, 0.5) is 20.2 Å². The van der Waals surface area contributed by atoms with Gasteiger partial charge in [0, 0.05) is 30.6 Å². The third kappa shape index (κ3) is 3.56. The standard InChI is InChI=1S/C24H19F2N3O2S/c25-15-8-10-19(18(26)14-15)27-21-17-9-11-20(30)29(16-6-2-1-3-7-16)24(17)32-22(21)23(31)28-12-4-5-13-28/h1-3,6-11,14,27H,4-5,12-13H2. The molecule has 1 aliphatic heterocycles. The minimum Gasteiger partial charge on any atom is -0.351 e. The fourth-order valence-corrected chi connectivity index (χ4v) is 5.21. The van der Waals surface area contributed by atoms with Gasteiger partial charge in [0.1, 0.15) is 21.3 Å². The van der Waals surface area contributed by atoms with Gasteiger partial charge in [0.15, 0.2) is 0 Å². The number of anilines is 2. The Kier molecular flexibility index (Phi) is 5.22. The highest BCUT2D eigenvalue weighted by molar-refractivity contribution is 7.21. The minimum absolute atomic E-state index is 0.0547. The number of amides is 1. The number of hydrogen-bond donors (Lipinski definition) is 1. The second-order valence-electron chi connectivity index (χ2n) is 7.62. The molecule has 5 nitrogen and oxygen atoms in total. The van der Waals surface area contributed by atoms with E-state index >= 15 is 0 Å². The Balaban J connectivity index is 1.73. The van der Waals surface area contributed by atoms with E-state index in [1.807, 2.05) is 30.3 Å². The molecule has 0 atom stereocenters. The molecule has 0 aliphatic carbocycles. The van der Waals surface area contributed by atoms with Crippen LogP contribution in [0.5, 0.6) is 0 Å². The Morgan fingerprint density at radius 1 is 0.969 bits per heavy atom. The molecule has 2 aromatic carbocycles. The molecule has 1 amide bonds. The molecule has 0 radical (unpaired) electrons. The average molecular weight is 451 g/mol. The van der Waals surface area contributed by atoms with Crippen LogP contribution in [-0.2, 0) is 0 Å². The summed E-state index contributed by atoms with van der Waals surface area (Å²) >= 11 is 1.20. The van der Waals surface area contributed by atoms with Gasteiger partial charge in [-0.3, -0.25) is 14.2 Å². The Labute approximate surface area is 186 Å². The summed E-state index contributed by atoms with van der Waals surface area (Å²) in [7, 11) is 0. The van der Waals surface area contributed by atoms with E-state index in [-0.39, 0.29) is 17.2 Å². The van der Waals surface area contributed by atoms with Gasteiger partial charge in [0.2, 0.25) is 0 Å². The molecular formula is C24H19F2N3O2S. The van der Waals surface area contributed by atoms with Crippen molar-refractivity contribution in [1.82, 2.24) is 9.47 Å². The van der Waals surface area contributed by atoms with Crippen molar-refractivity contribution < 1.29 is 13.6 Å². The van der Waals surface area contributed by atoms with Gasteiger partial charge in [-0.15, -0.1) is 11.3 Å². The Hall–Kier alpha value is -3.52. The van der Waals surface area contributed by atoms with E-state index in [9.17, 15) is 18.4 Å². The molecule has 4 aromatic rings. The van der Waals surface area contributed by atoms with E-state index in [0.717, 1.165) is 25.0 Å². The maximum atomic E-state index is 14.4. The molecule has 0 spiro atoms. The Morgan fingerprint density at radius 2 is 1.72 bits per heavy atom. The lowest BCUT2D eigenvalue weighted by molar-refractivity contribution is 0.0798. The molecular weight excluding hydrogens is 432 g/mol. The molecule has 2 aromatic heterocycles. The summed E-state index contributed by atoms with van der Waals surface area (Å²) in [6.45, 7) is 1.31. The number of benzene rings is 2. The predicted octanol–water partition coefficient (Wildman–Crippen LogP) is 5.31. The van der Waals surface area contributed by atoms with Gasteiger partial charge in [-0.2, -0.15) is 0 Å². The highest BCUT2D eigenvalue weighted by Gasteiger charge is 2.27. The smallest absolute Gasteiger partial charge is 0.266 e. The molecule has 162 valence electrons. The lowest BCUT2D eigenvalue weighted by Gasteiger charge is -2.16. The van der Waals surface area contributed by atoms with E-state index in [2.05, 4.69) is 5.32 Å². The third-order valence-corrected chi connectivity index (χ3v) is 6.71. The summed E-state index contributed by atoms with van der Waals surface area (Å²) in [6.07, 6.45) is 1.86. The topological polar surface area (TPSA) is 54.3 Å². The number of para-hydroxylation sites is 1. The number of carbonyl (C=O) groups excluding carboxylic acids is 1. The molecule has 0 unspecified atom stereocenters. The first-order valence-corrected chi connectivity index (χ1v) is 11.1. The van der Waals surface area contributed by atoms with Crippen LogP contribution in [0.25, 0.3) is 15.9 Å². The van der Waals surface area contributed by atoms with Gasteiger partial charge in [-0.25, -0.2) is 8.78 Å². The molecule has 1 fully saturated rings. The largest absolute Gasteiger partial charge is 0.351 e. The number of pyridine rings is 1. The van der Waals surface area contributed by atoms with Crippen molar-refractivity contribution in [2.24, 2.45) is 0 Å². The van der Waals surface area contributed by atoms with Gasteiger partial charge < -0.3 is 10.2 Å².